The fraction of sp³-hybridized carbons (Fsp3) is 0.692. The Kier molecular flexibility index (Phi) is 10.7. The summed E-state index contributed by atoms with van der Waals surface area (Å²) >= 11 is 0. The van der Waals surface area contributed by atoms with Crippen molar-refractivity contribution in [2.75, 3.05) is 0 Å². The van der Waals surface area contributed by atoms with Crippen molar-refractivity contribution in [1.82, 2.24) is 0 Å². The van der Waals surface area contributed by atoms with Gasteiger partial charge in [-0.15, -0.1) is 0 Å². The zero-order valence-electron chi connectivity index (χ0n) is 22.5. The van der Waals surface area contributed by atoms with Crippen molar-refractivity contribution in [3.63, 3.8) is 0 Å². The second-order valence-electron chi connectivity index (χ2n) is 10.7. The van der Waals surface area contributed by atoms with Crippen LogP contribution < -0.4 is 0 Å². The summed E-state index contributed by atoms with van der Waals surface area (Å²) in [6, 6.07) is 7.94. The Bertz CT molecular complexity index is 920. The highest BCUT2D eigenvalue weighted by Gasteiger charge is 2.42. The Balaban J connectivity index is 2.97. The topological polar surface area (TPSA) is 86.7 Å². The molecular weight excluding hydrogens is 468 g/mol. The molecule has 0 bridgehead atoms. The van der Waals surface area contributed by atoms with Crippen molar-refractivity contribution in [2.24, 2.45) is 11.8 Å². The van der Waals surface area contributed by atoms with Gasteiger partial charge in [-0.05, 0) is 57.0 Å². The standard InChI is InChI=1S/C26H44O6SSi/c1-11-22(18(3)24(27)20(5)33(29,30)21-16-14-13-15-17-21)31-25(28)19(4)23(12-2)32-34(9,10)26(6,7)8/h13-20,22-23H,11-12H2,1-10H3/t18-,19+,20?,22+,23+/m1/s1. The summed E-state index contributed by atoms with van der Waals surface area (Å²) in [6.07, 6.45) is 0.0829. The van der Waals surface area contributed by atoms with Gasteiger partial charge in [0, 0.05) is 0 Å². The van der Waals surface area contributed by atoms with Gasteiger partial charge in [-0.1, -0.05) is 59.7 Å². The van der Waals surface area contributed by atoms with Crippen LogP contribution in [-0.4, -0.2) is 45.9 Å². The number of Topliss-reactive ketones (excluding diaryl/α,β-unsaturated/α-hetero) is 1. The molecule has 1 aromatic rings. The lowest BCUT2D eigenvalue weighted by molar-refractivity contribution is -0.160. The van der Waals surface area contributed by atoms with Crippen LogP contribution in [0.15, 0.2) is 35.2 Å². The van der Waals surface area contributed by atoms with Crippen LogP contribution in [0, 0.1) is 11.8 Å². The molecule has 0 N–H and O–H groups in total. The first kappa shape index (κ1) is 30.5. The van der Waals surface area contributed by atoms with Gasteiger partial charge in [0.05, 0.1) is 22.8 Å². The van der Waals surface area contributed by atoms with E-state index in [0.717, 1.165) is 0 Å². The summed E-state index contributed by atoms with van der Waals surface area (Å²) in [5.41, 5.74) is 0. The van der Waals surface area contributed by atoms with Gasteiger partial charge in [0.2, 0.25) is 0 Å². The molecule has 0 aliphatic heterocycles. The molecule has 0 heterocycles. The number of esters is 1. The maximum Gasteiger partial charge on any atom is 0.311 e. The molecule has 194 valence electrons. The molecule has 1 rings (SSSR count). The first-order chi connectivity index (χ1) is 15.5. The molecule has 0 saturated heterocycles. The third-order valence-electron chi connectivity index (χ3n) is 7.20. The van der Waals surface area contributed by atoms with E-state index < -0.39 is 53.1 Å². The van der Waals surface area contributed by atoms with Crippen molar-refractivity contribution in [3.05, 3.63) is 30.3 Å². The van der Waals surface area contributed by atoms with Crippen molar-refractivity contribution in [1.29, 1.82) is 0 Å². The monoisotopic (exact) mass is 512 g/mol. The Morgan fingerprint density at radius 2 is 1.41 bits per heavy atom. The highest BCUT2D eigenvalue weighted by molar-refractivity contribution is 7.92. The van der Waals surface area contributed by atoms with Crippen LogP contribution in [-0.2, 0) is 28.6 Å². The Morgan fingerprint density at radius 3 is 1.85 bits per heavy atom. The van der Waals surface area contributed by atoms with E-state index in [9.17, 15) is 18.0 Å². The molecule has 5 atom stereocenters. The number of hydrogen-bond donors (Lipinski definition) is 0. The summed E-state index contributed by atoms with van der Waals surface area (Å²) in [6.45, 7) is 19.4. The molecule has 8 heteroatoms. The molecule has 0 saturated carbocycles. The van der Waals surface area contributed by atoms with Crippen LogP contribution in [0.3, 0.4) is 0 Å². The Labute approximate surface area is 207 Å². The maximum atomic E-state index is 13.1. The third kappa shape index (κ3) is 7.25. The van der Waals surface area contributed by atoms with E-state index in [1.807, 2.05) is 13.8 Å². The predicted molar refractivity (Wildman–Crippen MR) is 139 cm³/mol. The van der Waals surface area contributed by atoms with Crippen LogP contribution in [0.25, 0.3) is 0 Å². The van der Waals surface area contributed by atoms with Crippen molar-refractivity contribution >= 4 is 29.9 Å². The van der Waals surface area contributed by atoms with Crippen molar-refractivity contribution in [2.45, 2.75) is 109 Å². The molecule has 0 amide bonds. The average Bonchev–Trinajstić information content (AvgIpc) is 2.78. The lowest BCUT2D eigenvalue weighted by Crippen LogP contribution is -2.47. The molecule has 6 nitrogen and oxygen atoms in total. The van der Waals surface area contributed by atoms with E-state index in [1.54, 1.807) is 32.0 Å². The van der Waals surface area contributed by atoms with Crippen LogP contribution in [0.2, 0.25) is 18.1 Å². The van der Waals surface area contributed by atoms with Gasteiger partial charge >= 0.3 is 5.97 Å². The minimum atomic E-state index is -3.83. The van der Waals surface area contributed by atoms with Gasteiger partial charge in [0.25, 0.3) is 0 Å². The second-order valence-corrected chi connectivity index (χ2v) is 17.7. The third-order valence-corrected chi connectivity index (χ3v) is 13.8. The molecule has 0 aliphatic carbocycles. The Morgan fingerprint density at radius 1 is 0.912 bits per heavy atom. The number of carbonyl (C=O) groups excluding carboxylic acids is 2. The summed E-state index contributed by atoms with van der Waals surface area (Å²) < 4.78 is 38.1. The normalized spacial score (nSPS) is 17.4. The quantitative estimate of drug-likeness (QED) is 0.259. The van der Waals surface area contributed by atoms with Crippen molar-refractivity contribution < 1.29 is 27.2 Å². The Hall–Kier alpha value is -1.51. The minimum Gasteiger partial charge on any atom is -0.461 e. The number of sulfone groups is 1. The summed E-state index contributed by atoms with van der Waals surface area (Å²) in [5.74, 6) is -2.13. The number of benzene rings is 1. The lowest BCUT2D eigenvalue weighted by Gasteiger charge is -2.40. The predicted octanol–water partition coefficient (Wildman–Crippen LogP) is 5.81. The van der Waals surface area contributed by atoms with E-state index in [0.29, 0.717) is 12.8 Å². The maximum absolute atomic E-state index is 13.1. The van der Waals surface area contributed by atoms with E-state index >= 15 is 0 Å². The van der Waals surface area contributed by atoms with Gasteiger partial charge in [0.15, 0.2) is 23.9 Å². The number of carbonyl (C=O) groups is 2. The highest BCUT2D eigenvalue weighted by atomic mass is 32.2. The van der Waals surface area contributed by atoms with E-state index in [2.05, 4.69) is 33.9 Å². The number of ether oxygens (including phenoxy) is 1. The van der Waals surface area contributed by atoms with Gasteiger partial charge in [-0.25, -0.2) is 8.42 Å². The fourth-order valence-corrected chi connectivity index (χ4v) is 6.51. The summed E-state index contributed by atoms with van der Waals surface area (Å²) in [7, 11) is -5.91. The van der Waals surface area contributed by atoms with Gasteiger partial charge in [-0.2, -0.15) is 0 Å². The SMILES string of the molecule is CC[C@H](O[Si](C)(C)C(C)(C)C)[C@H](C)C(=O)O[C@@H](CC)[C@@H](C)C(=O)C(C)S(=O)(=O)c1ccccc1. The molecule has 0 radical (unpaired) electrons. The van der Waals surface area contributed by atoms with Gasteiger partial charge in [-0.3, -0.25) is 9.59 Å². The van der Waals surface area contributed by atoms with Crippen LogP contribution in [0.5, 0.6) is 0 Å². The average molecular weight is 513 g/mol. The van der Waals surface area contributed by atoms with E-state index in [4.69, 9.17) is 9.16 Å². The molecule has 1 unspecified atom stereocenters. The number of hydrogen-bond acceptors (Lipinski definition) is 6. The molecule has 34 heavy (non-hydrogen) atoms. The fourth-order valence-electron chi connectivity index (χ4n) is 3.56. The van der Waals surface area contributed by atoms with E-state index in [1.165, 1.54) is 19.1 Å². The first-order valence-electron chi connectivity index (χ1n) is 12.2. The van der Waals surface area contributed by atoms with Crippen LogP contribution in [0.1, 0.15) is 68.2 Å². The minimum absolute atomic E-state index is 0.0112. The zero-order chi connectivity index (χ0) is 26.5. The highest BCUT2D eigenvalue weighted by Crippen LogP contribution is 2.38. The van der Waals surface area contributed by atoms with Crippen LogP contribution >= 0.6 is 0 Å². The second kappa shape index (κ2) is 12.0. The van der Waals surface area contributed by atoms with Gasteiger partial charge < -0.3 is 9.16 Å². The smallest absolute Gasteiger partial charge is 0.311 e. The molecular formula is C26H44O6SSi. The molecule has 1 aromatic carbocycles. The summed E-state index contributed by atoms with van der Waals surface area (Å²) in [5, 5.41) is -1.22. The van der Waals surface area contributed by atoms with E-state index in [-0.39, 0.29) is 16.0 Å². The summed E-state index contributed by atoms with van der Waals surface area (Å²) in [4.78, 5) is 26.3. The largest absolute Gasteiger partial charge is 0.461 e. The molecule has 0 aliphatic rings. The zero-order valence-corrected chi connectivity index (χ0v) is 24.4. The van der Waals surface area contributed by atoms with Gasteiger partial charge in [0.1, 0.15) is 11.4 Å². The number of ketones is 1. The molecule has 0 spiro atoms. The van der Waals surface area contributed by atoms with Crippen LogP contribution in [0.4, 0.5) is 0 Å². The number of rotatable bonds is 12. The first-order valence-corrected chi connectivity index (χ1v) is 16.7. The molecule has 0 fully saturated rings. The molecule has 0 aromatic heterocycles. The van der Waals surface area contributed by atoms with Crippen molar-refractivity contribution in [3.8, 4) is 0 Å². The lowest BCUT2D eigenvalue weighted by atomic mass is 9.95.